The molecule has 0 fully saturated rings. The molecule has 0 aliphatic heterocycles. The van der Waals surface area contributed by atoms with Crippen LogP contribution in [-0.4, -0.2) is 32.6 Å². The number of hydrogen-bond donors (Lipinski definition) is 0. The zero-order chi connectivity index (χ0) is 15.5. The van der Waals surface area contributed by atoms with E-state index >= 15 is 0 Å². The van der Waals surface area contributed by atoms with Crippen molar-refractivity contribution in [3.05, 3.63) is 64.4 Å². The summed E-state index contributed by atoms with van der Waals surface area (Å²) in [5.41, 5.74) is 2.04. The summed E-state index contributed by atoms with van der Waals surface area (Å²) >= 11 is 1.42. The van der Waals surface area contributed by atoms with Gasteiger partial charge in [0.05, 0.1) is 16.9 Å². The van der Waals surface area contributed by atoms with Crippen LogP contribution in [-0.2, 0) is 6.54 Å². The molecule has 0 unspecified atom stereocenters. The minimum absolute atomic E-state index is 0.00454. The SMILES string of the molecule is Cc1ncc(C(=O)N(C)Cc2cccc(-n3cccn3)c2)s1. The Bertz CT molecular complexity index is 779. The molecule has 1 amide bonds. The van der Waals surface area contributed by atoms with Crippen LogP contribution in [0.3, 0.4) is 0 Å². The van der Waals surface area contributed by atoms with Crippen molar-refractivity contribution in [2.75, 3.05) is 7.05 Å². The smallest absolute Gasteiger partial charge is 0.265 e. The normalized spacial score (nSPS) is 10.6. The minimum Gasteiger partial charge on any atom is -0.337 e. The van der Waals surface area contributed by atoms with Gasteiger partial charge in [-0.3, -0.25) is 4.79 Å². The molecule has 22 heavy (non-hydrogen) atoms. The summed E-state index contributed by atoms with van der Waals surface area (Å²) < 4.78 is 1.80. The molecule has 0 aliphatic rings. The Labute approximate surface area is 132 Å². The van der Waals surface area contributed by atoms with Gasteiger partial charge in [-0.05, 0) is 30.7 Å². The van der Waals surface area contributed by atoms with Gasteiger partial charge in [-0.1, -0.05) is 12.1 Å². The highest BCUT2D eigenvalue weighted by molar-refractivity contribution is 7.13. The molecule has 0 radical (unpaired) electrons. The molecule has 0 aliphatic carbocycles. The third-order valence-electron chi connectivity index (χ3n) is 3.28. The molecule has 112 valence electrons. The van der Waals surface area contributed by atoms with Crippen molar-refractivity contribution >= 4 is 17.2 Å². The van der Waals surface area contributed by atoms with E-state index in [0.29, 0.717) is 11.4 Å². The fourth-order valence-corrected chi connectivity index (χ4v) is 2.99. The topological polar surface area (TPSA) is 51.0 Å². The summed E-state index contributed by atoms with van der Waals surface area (Å²) in [6.45, 7) is 2.44. The van der Waals surface area contributed by atoms with E-state index in [1.54, 1.807) is 29.0 Å². The van der Waals surface area contributed by atoms with Crippen LogP contribution in [0.4, 0.5) is 0 Å². The molecule has 6 heteroatoms. The van der Waals surface area contributed by atoms with E-state index in [1.165, 1.54) is 11.3 Å². The van der Waals surface area contributed by atoms with Crippen molar-refractivity contribution < 1.29 is 4.79 Å². The summed E-state index contributed by atoms with van der Waals surface area (Å²) in [6, 6.07) is 9.89. The number of thiazole rings is 1. The van der Waals surface area contributed by atoms with Crippen LogP contribution >= 0.6 is 11.3 Å². The van der Waals surface area contributed by atoms with Crippen molar-refractivity contribution in [1.29, 1.82) is 0 Å². The fraction of sp³-hybridized carbons (Fsp3) is 0.188. The highest BCUT2D eigenvalue weighted by Crippen LogP contribution is 2.16. The molecule has 1 aromatic carbocycles. The maximum Gasteiger partial charge on any atom is 0.265 e. The van der Waals surface area contributed by atoms with Gasteiger partial charge in [0.1, 0.15) is 4.88 Å². The molecular weight excluding hydrogens is 296 g/mol. The zero-order valence-electron chi connectivity index (χ0n) is 12.4. The number of benzene rings is 1. The Morgan fingerprint density at radius 2 is 2.23 bits per heavy atom. The van der Waals surface area contributed by atoms with E-state index in [1.807, 2.05) is 43.5 Å². The van der Waals surface area contributed by atoms with E-state index < -0.39 is 0 Å². The Morgan fingerprint density at radius 3 is 2.91 bits per heavy atom. The van der Waals surface area contributed by atoms with Gasteiger partial charge in [0, 0.05) is 26.0 Å². The van der Waals surface area contributed by atoms with Gasteiger partial charge >= 0.3 is 0 Å². The lowest BCUT2D eigenvalue weighted by Crippen LogP contribution is -2.25. The average Bonchev–Trinajstić information content (AvgIpc) is 3.18. The standard InChI is InChI=1S/C16H16N4OS/c1-12-17-10-15(22-12)16(21)19(2)11-13-5-3-6-14(9-13)20-8-4-7-18-20/h3-10H,11H2,1-2H3. The number of nitrogens with zero attached hydrogens (tertiary/aromatic N) is 4. The van der Waals surface area contributed by atoms with Crippen LogP contribution in [0.2, 0.25) is 0 Å². The fourth-order valence-electron chi connectivity index (χ4n) is 2.21. The van der Waals surface area contributed by atoms with Crippen molar-refractivity contribution in [2.24, 2.45) is 0 Å². The van der Waals surface area contributed by atoms with Gasteiger partial charge in [-0.15, -0.1) is 11.3 Å². The maximum atomic E-state index is 12.4. The maximum absolute atomic E-state index is 12.4. The highest BCUT2D eigenvalue weighted by Gasteiger charge is 2.14. The molecule has 0 saturated heterocycles. The third kappa shape index (κ3) is 3.07. The number of carbonyl (C=O) groups is 1. The molecule has 0 N–H and O–H groups in total. The molecule has 2 aromatic heterocycles. The van der Waals surface area contributed by atoms with E-state index in [2.05, 4.69) is 10.1 Å². The van der Waals surface area contributed by atoms with Crippen LogP contribution in [0.1, 0.15) is 20.2 Å². The number of aryl methyl sites for hydroxylation is 1. The number of hydrogen-bond acceptors (Lipinski definition) is 4. The first-order valence-electron chi connectivity index (χ1n) is 6.90. The molecule has 5 nitrogen and oxygen atoms in total. The number of aromatic nitrogens is 3. The Hall–Kier alpha value is -2.47. The Morgan fingerprint density at radius 1 is 1.36 bits per heavy atom. The highest BCUT2D eigenvalue weighted by atomic mass is 32.1. The number of amides is 1. The lowest BCUT2D eigenvalue weighted by molar-refractivity contribution is 0.0789. The Balaban J connectivity index is 1.75. The van der Waals surface area contributed by atoms with E-state index in [0.717, 1.165) is 16.3 Å². The summed E-state index contributed by atoms with van der Waals surface area (Å²) in [7, 11) is 1.80. The molecule has 3 aromatic rings. The van der Waals surface area contributed by atoms with Crippen LogP contribution in [0.15, 0.2) is 48.9 Å². The molecule has 0 bridgehead atoms. The van der Waals surface area contributed by atoms with Crippen LogP contribution in [0, 0.1) is 6.92 Å². The molecule has 2 heterocycles. The van der Waals surface area contributed by atoms with E-state index in [4.69, 9.17) is 0 Å². The van der Waals surface area contributed by atoms with Gasteiger partial charge in [-0.2, -0.15) is 5.10 Å². The van der Waals surface area contributed by atoms with Crippen molar-refractivity contribution in [2.45, 2.75) is 13.5 Å². The van der Waals surface area contributed by atoms with Crippen molar-refractivity contribution in [1.82, 2.24) is 19.7 Å². The van der Waals surface area contributed by atoms with Crippen LogP contribution < -0.4 is 0 Å². The van der Waals surface area contributed by atoms with Gasteiger partial charge in [0.25, 0.3) is 5.91 Å². The second kappa shape index (κ2) is 6.11. The first kappa shape index (κ1) is 14.5. The predicted octanol–water partition coefficient (Wildman–Crippen LogP) is 2.91. The van der Waals surface area contributed by atoms with Gasteiger partial charge in [0.2, 0.25) is 0 Å². The first-order chi connectivity index (χ1) is 10.6. The summed E-state index contributed by atoms with van der Waals surface area (Å²) in [4.78, 5) is 18.9. The largest absolute Gasteiger partial charge is 0.337 e. The van der Waals surface area contributed by atoms with Gasteiger partial charge in [-0.25, -0.2) is 9.67 Å². The average molecular weight is 312 g/mol. The summed E-state index contributed by atoms with van der Waals surface area (Å²) in [5.74, 6) is -0.00454. The lowest BCUT2D eigenvalue weighted by atomic mass is 10.2. The molecule has 0 spiro atoms. The molecule has 3 rings (SSSR count). The van der Waals surface area contributed by atoms with E-state index in [9.17, 15) is 4.79 Å². The van der Waals surface area contributed by atoms with Crippen molar-refractivity contribution in [3.8, 4) is 5.69 Å². The first-order valence-corrected chi connectivity index (χ1v) is 7.72. The molecule has 0 saturated carbocycles. The van der Waals surface area contributed by atoms with Gasteiger partial charge < -0.3 is 4.90 Å². The third-order valence-corrected chi connectivity index (χ3v) is 4.18. The number of carbonyl (C=O) groups excluding carboxylic acids is 1. The predicted molar refractivity (Wildman–Crippen MR) is 86.2 cm³/mol. The second-order valence-corrected chi connectivity index (χ2v) is 6.26. The van der Waals surface area contributed by atoms with Crippen LogP contribution in [0.5, 0.6) is 0 Å². The molecule has 0 atom stereocenters. The van der Waals surface area contributed by atoms with E-state index in [-0.39, 0.29) is 5.91 Å². The minimum atomic E-state index is -0.00454. The quantitative estimate of drug-likeness (QED) is 0.744. The van der Waals surface area contributed by atoms with Crippen molar-refractivity contribution in [3.63, 3.8) is 0 Å². The zero-order valence-corrected chi connectivity index (χ0v) is 13.2. The summed E-state index contributed by atoms with van der Waals surface area (Å²) in [5, 5.41) is 5.12. The lowest BCUT2D eigenvalue weighted by Gasteiger charge is -2.16. The summed E-state index contributed by atoms with van der Waals surface area (Å²) in [6.07, 6.45) is 5.28. The second-order valence-electron chi connectivity index (χ2n) is 5.03. The molecular formula is C16H16N4OS. The Kier molecular flexibility index (Phi) is 4.02. The monoisotopic (exact) mass is 312 g/mol. The number of rotatable bonds is 4. The van der Waals surface area contributed by atoms with Crippen LogP contribution in [0.25, 0.3) is 5.69 Å². The van der Waals surface area contributed by atoms with Gasteiger partial charge in [0.15, 0.2) is 0 Å².